The molecule has 1 aromatic carbocycles. The third-order valence-corrected chi connectivity index (χ3v) is 2.67. The summed E-state index contributed by atoms with van der Waals surface area (Å²) in [6.07, 6.45) is 0. The predicted molar refractivity (Wildman–Crippen MR) is 69.3 cm³/mol. The van der Waals surface area contributed by atoms with Gasteiger partial charge in [0.05, 0.1) is 24.3 Å². The summed E-state index contributed by atoms with van der Waals surface area (Å²) in [7, 11) is 0. The van der Waals surface area contributed by atoms with Gasteiger partial charge in [0, 0.05) is 0 Å². The molecule has 1 aromatic rings. The zero-order chi connectivity index (χ0) is 14.5. The van der Waals surface area contributed by atoms with Crippen LogP contribution in [0.1, 0.15) is 34.6 Å². The maximum absolute atomic E-state index is 11.9. The Morgan fingerprint density at radius 1 is 0.950 bits per heavy atom. The van der Waals surface area contributed by atoms with E-state index in [0.29, 0.717) is 24.7 Å². The summed E-state index contributed by atoms with van der Waals surface area (Å²) in [5.41, 5.74) is 0.240. The quantitative estimate of drug-likeness (QED) is 0.783. The average Bonchev–Trinajstić information content (AvgIpc) is 2.46. The van der Waals surface area contributed by atoms with Gasteiger partial charge in [0.2, 0.25) is 0 Å². The third-order valence-electron chi connectivity index (χ3n) is 2.67. The van der Waals surface area contributed by atoms with Gasteiger partial charge in [0.15, 0.2) is 11.5 Å². The molecule has 0 fully saturated rings. The van der Waals surface area contributed by atoms with Crippen LogP contribution >= 0.6 is 0 Å². The van der Waals surface area contributed by atoms with Crippen LogP contribution in [0.4, 0.5) is 0 Å². The number of ether oxygens (including phenoxy) is 4. The van der Waals surface area contributed by atoms with Crippen LogP contribution in [0.5, 0.6) is 11.5 Å². The zero-order valence-electron chi connectivity index (χ0n) is 11.4. The highest BCUT2D eigenvalue weighted by molar-refractivity contribution is 6.04. The van der Waals surface area contributed by atoms with E-state index in [1.54, 1.807) is 13.8 Å². The van der Waals surface area contributed by atoms with E-state index in [2.05, 4.69) is 0 Å². The topological polar surface area (TPSA) is 71.1 Å². The van der Waals surface area contributed by atoms with Crippen molar-refractivity contribution in [2.75, 3.05) is 26.4 Å². The van der Waals surface area contributed by atoms with Crippen molar-refractivity contribution in [3.8, 4) is 11.5 Å². The van der Waals surface area contributed by atoms with Crippen molar-refractivity contribution in [1.29, 1.82) is 0 Å². The van der Waals surface area contributed by atoms with Gasteiger partial charge in [-0.05, 0) is 26.0 Å². The van der Waals surface area contributed by atoms with Gasteiger partial charge < -0.3 is 18.9 Å². The Bertz CT molecular complexity index is 476. The number of hydrogen-bond donors (Lipinski definition) is 0. The molecule has 0 spiro atoms. The van der Waals surface area contributed by atoms with Crippen molar-refractivity contribution in [2.24, 2.45) is 0 Å². The second-order valence-electron chi connectivity index (χ2n) is 3.98. The first-order valence-corrected chi connectivity index (χ1v) is 6.45. The first kappa shape index (κ1) is 14.2. The van der Waals surface area contributed by atoms with E-state index in [1.807, 2.05) is 0 Å². The molecule has 0 atom stereocenters. The highest BCUT2D eigenvalue weighted by Gasteiger charge is 2.24. The molecule has 6 nitrogen and oxygen atoms in total. The molecular formula is C14H16O6. The van der Waals surface area contributed by atoms with E-state index >= 15 is 0 Å². The van der Waals surface area contributed by atoms with Crippen molar-refractivity contribution < 1.29 is 28.5 Å². The van der Waals surface area contributed by atoms with Crippen LogP contribution in [0, 0.1) is 0 Å². The molecule has 0 aromatic heterocycles. The molecule has 0 N–H and O–H groups in total. The first-order chi connectivity index (χ1) is 9.67. The summed E-state index contributed by atoms with van der Waals surface area (Å²) >= 11 is 0. The maximum atomic E-state index is 11.9. The third kappa shape index (κ3) is 2.84. The van der Waals surface area contributed by atoms with Gasteiger partial charge in [0.25, 0.3) is 0 Å². The number of hydrogen-bond acceptors (Lipinski definition) is 6. The van der Waals surface area contributed by atoms with Crippen molar-refractivity contribution in [3.63, 3.8) is 0 Å². The molecule has 0 bridgehead atoms. The molecule has 2 rings (SSSR count). The van der Waals surface area contributed by atoms with Crippen LogP contribution in [0.25, 0.3) is 0 Å². The van der Waals surface area contributed by atoms with E-state index in [4.69, 9.17) is 18.9 Å². The Labute approximate surface area is 116 Å². The first-order valence-electron chi connectivity index (χ1n) is 6.45. The fraction of sp³-hybridized carbons (Fsp3) is 0.429. The minimum atomic E-state index is -0.590. The number of fused-ring (bicyclic) bond motifs is 1. The summed E-state index contributed by atoms with van der Waals surface area (Å²) < 4.78 is 20.7. The smallest absolute Gasteiger partial charge is 0.339 e. The Morgan fingerprint density at radius 2 is 1.35 bits per heavy atom. The van der Waals surface area contributed by atoms with Gasteiger partial charge in [-0.15, -0.1) is 0 Å². The summed E-state index contributed by atoms with van der Waals surface area (Å²) in [4.78, 5) is 23.9. The van der Waals surface area contributed by atoms with Gasteiger partial charge in [-0.2, -0.15) is 0 Å². The number of benzene rings is 1. The van der Waals surface area contributed by atoms with Gasteiger partial charge in [-0.1, -0.05) is 0 Å². The van der Waals surface area contributed by atoms with Crippen LogP contribution in [0.15, 0.2) is 12.1 Å². The van der Waals surface area contributed by atoms with Crippen molar-refractivity contribution in [2.45, 2.75) is 13.8 Å². The van der Waals surface area contributed by atoms with Crippen LogP contribution < -0.4 is 9.47 Å². The monoisotopic (exact) mass is 280 g/mol. The maximum Gasteiger partial charge on any atom is 0.339 e. The van der Waals surface area contributed by atoms with E-state index in [1.165, 1.54) is 12.1 Å². The van der Waals surface area contributed by atoms with E-state index in [9.17, 15) is 9.59 Å². The largest absolute Gasteiger partial charge is 0.486 e. The molecule has 108 valence electrons. The second-order valence-corrected chi connectivity index (χ2v) is 3.98. The van der Waals surface area contributed by atoms with Crippen molar-refractivity contribution >= 4 is 11.9 Å². The standard InChI is InChI=1S/C14H16O6/c1-3-17-13(15)9-7-11-12(20-6-5-19-11)8-10(9)14(16)18-4-2/h7-8H,3-6H2,1-2H3. The van der Waals surface area contributed by atoms with E-state index in [-0.39, 0.29) is 24.3 Å². The molecule has 0 saturated carbocycles. The van der Waals surface area contributed by atoms with Crippen molar-refractivity contribution in [3.05, 3.63) is 23.3 Å². The Kier molecular flexibility index (Phi) is 4.45. The lowest BCUT2D eigenvalue weighted by atomic mass is 10.1. The van der Waals surface area contributed by atoms with Crippen LogP contribution in [-0.2, 0) is 9.47 Å². The Hall–Kier alpha value is -2.24. The highest BCUT2D eigenvalue weighted by Crippen LogP contribution is 2.33. The molecule has 0 amide bonds. The SMILES string of the molecule is CCOC(=O)c1cc2c(cc1C(=O)OCC)OCCO2. The molecule has 0 aliphatic carbocycles. The molecule has 0 saturated heterocycles. The lowest BCUT2D eigenvalue weighted by Crippen LogP contribution is -2.19. The summed E-state index contributed by atoms with van der Waals surface area (Å²) in [5.74, 6) is -0.334. The fourth-order valence-corrected chi connectivity index (χ4v) is 1.84. The van der Waals surface area contributed by atoms with E-state index < -0.39 is 11.9 Å². The normalized spacial score (nSPS) is 12.7. The summed E-state index contributed by atoms with van der Waals surface area (Å²) in [6, 6.07) is 2.91. The minimum absolute atomic E-state index is 0.120. The molecule has 1 aliphatic heterocycles. The molecule has 1 heterocycles. The number of carbonyl (C=O) groups excluding carboxylic acids is 2. The van der Waals surface area contributed by atoms with Crippen LogP contribution in [0.2, 0.25) is 0 Å². The van der Waals surface area contributed by atoms with Crippen LogP contribution in [0.3, 0.4) is 0 Å². The zero-order valence-corrected chi connectivity index (χ0v) is 11.4. The molecular weight excluding hydrogens is 264 g/mol. The van der Waals surface area contributed by atoms with Crippen molar-refractivity contribution in [1.82, 2.24) is 0 Å². The van der Waals surface area contributed by atoms with Gasteiger partial charge in [-0.3, -0.25) is 0 Å². The summed E-state index contributed by atoms with van der Waals surface area (Å²) in [6.45, 7) is 4.62. The number of rotatable bonds is 4. The van der Waals surface area contributed by atoms with Gasteiger partial charge >= 0.3 is 11.9 Å². The fourth-order valence-electron chi connectivity index (χ4n) is 1.84. The Morgan fingerprint density at radius 3 is 1.70 bits per heavy atom. The minimum Gasteiger partial charge on any atom is -0.486 e. The lowest BCUT2D eigenvalue weighted by molar-refractivity contribution is 0.0477. The van der Waals surface area contributed by atoms with Gasteiger partial charge in [0.1, 0.15) is 13.2 Å². The Balaban J connectivity index is 2.45. The summed E-state index contributed by atoms with van der Waals surface area (Å²) in [5, 5.41) is 0. The lowest BCUT2D eigenvalue weighted by Gasteiger charge is -2.20. The van der Waals surface area contributed by atoms with E-state index in [0.717, 1.165) is 0 Å². The molecule has 6 heteroatoms. The molecule has 1 aliphatic rings. The molecule has 20 heavy (non-hydrogen) atoms. The molecule has 0 radical (unpaired) electrons. The second kappa shape index (κ2) is 6.27. The predicted octanol–water partition coefficient (Wildman–Crippen LogP) is 1.81. The number of esters is 2. The average molecular weight is 280 g/mol. The number of carbonyl (C=O) groups is 2. The molecule has 0 unspecified atom stereocenters. The van der Waals surface area contributed by atoms with Gasteiger partial charge in [-0.25, -0.2) is 9.59 Å². The highest BCUT2D eigenvalue weighted by atomic mass is 16.6. The van der Waals surface area contributed by atoms with Crippen LogP contribution in [-0.4, -0.2) is 38.4 Å².